The molecule has 0 aromatic carbocycles. The van der Waals surface area contributed by atoms with Crippen LogP contribution in [-0.4, -0.2) is 37.1 Å². The Morgan fingerprint density at radius 2 is 2.53 bits per heavy atom. The van der Waals surface area contributed by atoms with Gasteiger partial charge in [0.2, 0.25) is 0 Å². The Kier molecular flexibility index (Phi) is 4.18. The summed E-state index contributed by atoms with van der Waals surface area (Å²) in [5.41, 5.74) is 1.49. The predicted octanol–water partition coefficient (Wildman–Crippen LogP) is 1.97. The Labute approximate surface area is 96.3 Å². The second kappa shape index (κ2) is 5.64. The van der Waals surface area contributed by atoms with E-state index >= 15 is 0 Å². The van der Waals surface area contributed by atoms with Gasteiger partial charge in [-0.3, -0.25) is 4.90 Å². The molecule has 1 unspecified atom stereocenters. The highest BCUT2D eigenvalue weighted by molar-refractivity contribution is 7.07. The first-order chi connectivity index (χ1) is 7.40. The summed E-state index contributed by atoms with van der Waals surface area (Å²) in [5, 5.41) is 7.91. The molecule has 0 aliphatic carbocycles. The minimum atomic E-state index is 0.748. The Morgan fingerprint density at radius 1 is 1.60 bits per heavy atom. The first-order valence-electron chi connectivity index (χ1n) is 5.86. The smallest absolute Gasteiger partial charge is 0.0218 e. The first-order valence-corrected chi connectivity index (χ1v) is 6.80. The third kappa shape index (κ3) is 3.03. The number of piperazine rings is 1. The van der Waals surface area contributed by atoms with E-state index in [2.05, 4.69) is 34.0 Å². The van der Waals surface area contributed by atoms with Crippen molar-refractivity contribution < 1.29 is 0 Å². The molecule has 1 N–H and O–H groups in total. The van der Waals surface area contributed by atoms with E-state index in [1.807, 2.05) is 0 Å². The van der Waals surface area contributed by atoms with Gasteiger partial charge in [-0.25, -0.2) is 0 Å². The van der Waals surface area contributed by atoms with Gasteiger partial charge in [-0.2, -0.15) is 11.3 Å². The monoisotopic (exact) mass is 224 g/mol. The summed E-state index contributed by atoms with van der Waals surface area (Å²) in [4.78, 5) is 2.63. The number of rotatable bonds is 4. The number of hydrogen-bond acceptors (Lipinski definition) is 3. The quantitative estimate of drug-likeness (QED) is 0.841. The van der Waals surface area contributed by atoms with Gasteiger partial charge < -0.3 is 5.32 Å². The number of nitrogens with one attached hydrogen (secondary N) is 1. The molecule has 1 aliphatic heterocycles. The summed E-state index contributed by atoms with van der Waals surface area (Å²) < 4.78 is 0. The van der Waals surface area contributed by atoms with Gasteiger partial charge in [-0.05, 0) is 35.2 Å². The van der Waals surface area contributed by atoms with Crippen LogP contribution in [0.25, 0.3) is 0 Å². The molecule has 15 heavy (non-hydrogen) atoms. The minimum absolute atomic E-state index is 0.748. The molecule has 1 aromatic rings. The van der Waals surface area contributed by atoms with Crippen LogP contribution in [0.5, 0.6) is 0 Å². The van der Waals surface area contributed by atoms with E-state index in [1.54, 1.807) is 11.3 Å². The van der Waals surface area contributed by atoms with Crippen LogP contribution in [0.4, 0.5) is 0 Å². The summed E-state index contributed by atoms with van der Waals surface area (Å²) in [6.45, 7) is 7.04. The lowest BCUT2D eigenvalue weighted by Crippen LogP contribution is -2.51. The molecule has 0 radical (unpaired) electrons. The highest BCUT2D eigenvalue weighted by Gasteiger charge is 2.19. The zero-order valence-electron chi connectivity index (χ0n) is 9.41. The molecule has 2 nitrogen and oxygen atoms in total. The number of thiophene rings is 1. The molecule has 0 amide bonds. The van der Waals surface area contributed by atoms with Crippen molar-refractivity contribution in [1.82, 2.24) is 10.2 Å². The lowest BCUT2D eigenvalue weighted by atomic mass is 10.1. The van der Waals surface area contributed by atoms with Gasteiger partial charge >= 0.3 is 0 Å². The van der Waals surface area contributed by atoms with Crippen LogP contribution in [0.1, 0.15) is 18.9 Å². The molecular formula is C12H20N2S. The Hall–Kier alpha value is -0.380. The fraction of sp³-hybridized carbons (Fsp3) is 0.667. The predicted molar refractivity (Wildman–Crippen MR) is 66.5 cm³/mol. The molecular weight excluding hydrogens is 204 g/mol. The molecule has 1 saturated heterocycles. The van der Waals surface area contributed by atoms with Crippen LogP contribution in [0.2, 0.25) is 0 Å². The molecule has 1 aliphatic rings. The first kappa shape index (κ1) is 11.1. The van der Waals surface area contributed by atoms with Gasteiger partial charge in [-0.15, -0.1) is 0 Å². The molecule has 84 valence electrons. The van der Waals surface area contributed by atoms with E-state index in [0.29, 0.717) is 0 Å². The Morgan fingerprint density at radius 3 is 3.27 bits per heavy atom. The van der Waals surface area contributed by atoms with E-state index in [1.165, 1.54) is 38.0 Å². The van der Waals surface area contributed by atoms with Crippen LogP contribution < -0.4 is 5.32 Å². The fourth-order valence-corrected chi connectivity index (χ4v) is 2.91. The highest BCUT2D eigenvalue weighted by atomic mass is 32.1. The zero-order valence-corrected chi connectivity index (χ0v) is 10.2. The van der Waals surface area contributed by atoms with Crippen molar-refractivity contribution in [3.05, 3.63) is 22.4 Å². The molecule has 0 bridgehead atoms. The third-order valence-electron chi connectivity index (χ3n) is 3.21. The van der Waals surface area contributed by atoms with E-state index in [0.717, 1.165) is 12.6 Å². The van der Waals surface area contributed by atoms with E-state index < -0.39 is 0 Å². The Bertz CT molecular complexity index is 271. The maximum absolute atomic E-state index is 3.47. The summed E-state index contributed by atoms with van der Waals surface area (Å²) in [6.07, 6.45) is 2.47. The van der Waals surface area contributed by atoms with Gasteiger partial charge in [-0.1, -0.05) is 6.92 Å². The topological polar surface area (TPSA) is 15.3 Å². The van der Waals surface area contributed by atoms with Crippen LogP contribution in [-0.2, 0) is 6.42 Å². The molecule has 3 heteroatoms. The van der Waals surface area contributed by atoms with E-state index in [-0.39, 0.29) is 0 Å². The van der Waals surface area contributed by atoms with Crippen molar-refractivity contribution in [3.8, 4) is 0 Å². The molecule has 0 spiro atoms. The van der Waals surface area contributed by atoms with Gasteiger partial charge in [0.15, 0.2) is 0 Å². The summed E-state index contributed by atoms with van der Waals surface area (Å²) in [7, 11) is 0. The van der Waals surface area contributed by atoms with Crippen LogP contribution in [0, 0.1) is 0 Å². The molecule has 0 saturated carbocycles. The SMILES string of the molecule is CCC1CNCCN1CCc1ccsc1. The average molecular weight is 224 g/mol. The summed E-state index contributed by atoms with van der Waals surface area (Å²) in [5.74, 6) is 0. The minimum Gasteiger partial charge on any atom is -0.314 e. The van der Waals surface area contributed by atoms with Crippen molar-refractivity contribution in [2.75, 3.05) is 26.2 Å². The lowest BCUT2D eigenvalue weighted by molar-refractivity contribution is 0.159. The van der Waals surface area contributed by atoms with E-state index in [9.17, 15) is 0 Å². The van der Waals surface area contributed by atoms with Crippen LogP contribution in [0.3, 0.4) is 0 Å². The van der Waals surface area contributed by atoms with Crippen LogP contribution >= 0.6 is 11.3 Å². The second-order valence-corrected chi connectivity index (χ2v) is 4.96. The standard InChI is InChI=1S/C12H20N2S/c1-2-12-9-13-5-7-14(12)6-3-11-4-8-15-10-11/h4,8,10,12-13H,2-3,5-7,9H2,1H3. The molecule has 1 fully saturated rings. The summed E-state index contributed by atoms with van der Waals surface area (Å²) >= 11 is 1.80. The fourth-order valence-electron chi connectivity index (χ4n) is 2.21. The van der Waals surface area contributed by atoms with Crippen molar-refractivity contribution in [2.24, 2.45) is 0 Å². The highest BCUT2D eigenvalue weighted by Crippen LogP contribution is 2.11. The van der Waals surface area contributed by atoms with Crippen LogP contribution in [0.15, 0.2) is 16.8 Å². The van der Waals surface area contributed by atoms with E-state index in [4.69, 9.17) is 0 Å². The van der Waals surface area contributed by atoms with Gasteiger partial charge in [0.1, 0.15) is 0 Å². The summed E-state index contributed by atoms with van der Waals surface area (Å²) in [6, 6.07) is 2.99. The zero-order chi connectivity index (χ0) is 10.5. The maximum atomic E-state index is 3.47. The number of nitrogens with zero attached hydrogens (tertiary/aromatic N) is 1. The second-order valence-electron chi connectivity index (χ2n) is 4.18. The molecule has 1 atom stereocenters. The van der Waals surface area contributed by atoms with Gasteiger partial charge in [0.05, 0.1) is 0 Å². The third-order valence-corrected chi connectivity index (χ3v) is 3.94. The maximum Gasteiger partial charge on any atom is 0.0218 e. The molecule has 2 rings (SSSR count). The molecule has 2 heterocycles. The number of hydrogen-bond donors (Lipinski definition) is 1. The lowest BCUT2D eigenvalue weighted by Gasteiger charge is -2.35. The van der Waals surface area contributed by atoms with Crippen molar-refractivity contribution >= 4 is 11.3 Å². The molecule has 1 aromatic heterocycles. The van der Waals surface area contributed by atoms with Crippen molar-refractivity contribution in [1.29, 1.82) is 0 Å². The van der Waals surface area contributed by atoms with Gasteiger partial charge in [0.25, 0.3) is 0 Å². The largest absolute Gasteiger partial charge is 0.314 e. The van der Waals surface area contributed by atoms with Crippen molar-refractivity contribution in [2.45, 2.75) is 25.8 Å². The normalized spacial score (nSPS) is 23.1. The Balaban J connectivity index is 1.81. The average Bonchev–Trinajstić information content (AvgIpc) is 2.79. The van der Waals surface area contributed by atoms with Gasteiger partial charge in [0, 0.05) is 32.2 Å². The van der Waals surface area contributed by atoms with Crippen molar-refractivity contribution in [3.63, 3.8) is 0 Å².